The van der Waals surface area contributed by atoms with Crippen LogP contribution in [0.2, 0.25) is 0 Å². The minimum Gasteiger partial charge on any atom is -0.491 e. The molecular weight excluding hydrogens is 480 g/mol. The molecule has 0 saturated heterocycles. The van der Waals surface area contributed by atoms with Crippen molar-refractivity contribution in [1.29, 1.82) is 0 Å². The number of pyridine rings is 2. The molecule has 0 amide bonds. The Hall–Kier alpha value is -4.05. The highest BCUT2D eigenvalue weighted by molar-refractivity contribution is 5.81. The van der Waals surface area contributed by atoms with Gasteiger partial charge in [-0.3, -0.25) is 9.55 Å². The Bertz CT molecular complexity index is 1820. The first-order valence-electron chi connectivity index (χ1n) is 13.3. The third-order valence-electron chi connectivity index (χ3n) is 7.17. The second-order valence-corrected chi connectivity index (χ2v) is 9.59. The highest BCUT2D eigenvalue weighted by atomic mass is 19.3. The Morgan fingerprint density at radius 2 is 2.16 bits per heavy atom. The number of hydrogen-bond acceptors (Lipinski definition) is 7. The number of alkyl halides is 2. The number of aliphatic hydroxyl groups is 1. The second-order valence-electron chi connectivity index (χ2n) is 9.59. The minimum absolute atomic E-state index is 0.0566. The maximum absolute atomic E-state index is 13.4. The minimum atomic E-state index is -3.06. The Morgan fingerprint density at radius 1 is 1.27 bits per heavy atom. The topological polar surface area (TPSA) is 85.5 Å². The summed E-state index contributed by atoms with van der Waals surface area (Å²) in [6.07, 6.45) is 3.72. The van der Waals surface area contributed by atoms with Crippen LogP contribution >= 0.6 is 0 Å². The summed E-state index contributed by atoms with van der Waals surface area (Å²) in [4.78, 5) is 15.3. The summed E-state index contributed by atoms with van der Waals surface area (Å²) in [6, 6.07) is 9.32. The normalized spacial score (nSPS) is 23.3. The van der Waals surface area contributed by atoms with Crippen LogP contribution in [-0.2, 0) is 5.60 Å². The molecule has 0 radical (unpaired) electrons. The number of hydrogen-bond donors (Lipinski definition) is 1. The van der Waals surface area contributed by atoms with Crippen molar-refractivity contribution in [3.63, 3.8) is 0 Å². The van der Waals surface area contributed by atoms with E-state index in [0.29, 0.717) is 68.9 Å². The number of rotatable bonds is 3. The van der Waals surface area contributed by atoms with Gasteiger partial charge >= 0.3 is 6.61 Å². The van der Waals surface area contributed by atoms with Gasteiger partial charge in [-0.15, -0.1) is 0 Å². The first-order valence-corrected chi connectivity index (χ1v) is 11.8. The molecule has 1 aromatic carbocycles. The van der Waals surface area contributed by atoms with E-state index in [9.17, 15) is 13.9 Å². The molecule has 2 atom stereocenters. The molecular formula is C27H23F2N5O3. The number of imidazole rings is 1. The molecule has 0 spiro atoms. The lowest BCUT2D eigenvalue weighted by atomic mass is 9.94. The van der Waals surface area contributed by atoms with Gasteiger partial charge in [0.05, 0.1) is 18.3 Å². The lowest BCUT2D eigenvalue weighted by molar-refractivity contribution is -0.0505. The molecule has 0 aliphatic carbocycles. The Kier molecular flexibility index (Phi) is 3.99. The van der Waals surface area contributed by atoms with Crippen molar-refractivity contribution >= 4 is 23.1 Å². The van der Waals surface area contributed by atoms with Crippen molar-refractivity contribution in [2.24, 2.45) is 0 Å². The second kappa shape index (κ2) is 7.72. The van der Waals surface area contributed by atoms with E-state index in [1.807, 2.05) is 0 Å². The van der Waals surface area contributed by atoms with Crippen molar-refractivity contribution in [3.8, 4) is 22.8 Å². The van der Waals surface area contributed by atoms with E-state index in [1.165, 1.54) is 17.2 Å². The van der Waals surface area contributed by atoms with Gasteiger partial charge in [-0.05, 0) is 31.2 Å². The molecule has 37 heavy (non-hydrogen) atoms. The monoisotopic (exact) mass is 506 g/mol. The fraction of sp³-hybridized carbons (Fsp3) is 0.296. The van der Waals surface area contributed by atoms with Crippen LogP contribution in [-0.4, -0.2) is 49.7 Å². The summed E-state index contributed by atoms with van der Waals surface area (Å²) in [5, 5.41) is 11.5. The van der Waals surface area contributed by atoms with E-state index in [1.54, 1.807) is 48.0 Å². The summed E-state index contributed by atoms with van der Waals surface area (Å²) >= 11 is 0. The molecule has 10 heteroatoms. The molecule has 0 unspecified atom stereocenters. The smallest absolute Gasteiger partial charge is 0.387 e. The Morgan fingerprint density at radius 3 is 3.00 bits per heavy atom. The summed E-state index contributed by atoms with van der Waals surface area (Å²) in [6.45, 7) is -3.52. The van der Waals surface area contributed by atoms with Gasteiger partial charge in [0.1, 0.15) is 34.1 Å². The largest absolute Gasteiger partial charge is 0.491 e. The van der Waals surface area contributed by atoms with E-state index in [4.69, 9.17) is 23.6 Å². The van der Waals surface area contributed by atoms with Crippen LogP contribution in [0.3, 0.4) is 0 Å². The van der Waals surface area contributed by atoms with Crippen molar-refractivity contribution < 1.29 is 27.5 Å². The highest BCUT2D eigenvalue weighted by Gasteiger charge is 2.36. The van der Waals surface area contributed by atoms with E-state index in [0.717, 1.165) is 0 Å². The quantitative estimate of drug-likeness (QED) is 0.457. The average Bonchev–Trinajstić information content (AvgIpc) is 3.36. The van der Waals surface area contributed by atoms with Crippen LogP contribution in [0.25, 0.3) is 34.3 Å². The van der Waals surface area contributed by atoms with Crippen LogP contribution in [0.1, 0.15) is 41.4 Å². The third-order valence-corrected chi connectivity index (χ3v) is 7.17. The molecule has 1 N–H and O–H groups in total. The lowest BCUT2D eigenvalue weighted by Crippen LogP contribution is -2.32. The van der Waals surface area contributed by atoms with Gasteiger partial charge in [0, 0.05) is 58.0 Å². The number of nitrogens with zero attached hydrogens (tertiary/aromatic N) is 5. The van der Waals surface area contributed by atoms with Crippen molar-refractivity contribution in [2.45, 2.75) is 38.0 Å². The van der Waals surface area contributed by atoms with Crippen molar-refractivity contribution in [2.75, 3.05) is 13.6 Å². The van der Waals surface area contributed by atoms with Gasteiger partial charge in [-0.25, -0.2) is 9.97 Å². The van der Waals surface area contributed by atoms with Gasteiger partial charge in [0.15, 0.2) is 5.65 Å². The zero-order chi connectivity index (χ0) is 28.0. The third kappa shape index (κ3) is 3.32. The van der Waals surface area contributed by atoms with Crippen molar-refractivity contribution in [3.05, 3.63) is 64.6 Å². The van der Waals surface area contributed by atoms with Crippen LogP contribution in [0, 0.1) is 0 Å². The maximum Gasteiger partial charge on any atom is 0.387 e. The zero-order valence-corrected chi connectivity index (χ0v) is 19.7. The maximum atomic E-state index is 13.4. The molecule has 0 fully saturated rings. The molecule has 4 aromatic rings. The van der Waals surface area contributed by atoms with Gasteiger partial charge in [0.25, 0.3) is 0 Å². The van der Waals surface area contributed by atoms with Gasteiger partial charge in [0.2, 0.25) is 0 Å². The fourth-order valence-corrected chi connectivity index (χ4v) is 5.40. The molecule has 2 bridgehead atoms. The number of ether oxygens (including phenoxy) is 2. The number of aromatic nitrogens is 4. The molecule has 0 saturated carbocycles. The lowest BCUT2D eigenvalue weighted by Gasteiger charge is -2.29. The predicted octanol–water partition coefficient (Wildman–Crippen LogP) is 2.87. The molecule has 3 aromatic heterocycles. The Balaban J connectivity index is 1.47. The number of benzene rings is 1. The van der Waals surface area contributed by atoms with E-state index in [2.05, 4.69) is 4.98 Å². The van der Waals surface area contributed by atoms with Gasteiger partial charge < -0.3 is 19.5 Å². The first-order chi connectivity index (χ1) is 19.0. The van der Waals surface area contributed by atoms with Crippen molar-refractivity contribution in [1.82, 2.24) is 24.4 Å². The van der Waals surface area contributed by atoms with Crippen LogP contribution in [0.5, 0.6) is 11.5 Å². The highest BCUT2D eigenvalue weighted by Crippen LogP contribution is 2.41. The average molecular weight is 507 g/mol. The number of halogens is 2. The van der Waals surface area contributed by atoms with E-state index >= 15 is 0 Å². The Labute approximate surface area is 214 Å². The molecule has 8 nitrogen and oxygen atoms in total. The molecule has 3 aliphatic rings. The SMILES string of the molecule is [2H]C([2H])([2H])N1C=c2cccc(OC(F)F)c2=C2C[C@@H]1c1nc3ccc(-c4cnc5c(c4)OCC[C@]5(C)O)nc3n12. The fourth-order valence-electron chi connectivity index (χ4n) is 5.40. The van der Waals surface area contributed by atoms with Gasteiger partial charge in [-0.1, -0.05) is 12.1 Å². The summed E-state index contributed by atoms with van der Waals surface area (Å²) in [5.41, 5.74) is 2.10. The van der Waals surface area contributed by atoms with Crippen LogP contribution < -0.4 is 19.9 Å². The summed E-state index contributed by atoms with van der Waals surface area (Å²) < 4.78 is 63.7. The molecule has 7 rings (SSSR count). The molecule has 188 valence electrons. The van der Waals surface area contributed by atoms with Crippen LogP contribution in [0.15, 0.2) is 42.6 Å². The van der Waals surface area contributed by atoms with E-state index in [-0.39, 0.29) is 12.2 Å². The summed E-state index contributed by atoms with van der Waals surface area (Å²) in [7, 11) is 0. The molecule has 3 aliphatic heterocycles. The van der Waals surface area contributed by atoms with Gasteiger partial charge in [-0.2, -0.15) is 8.78 Å². The van der Waals surface area contributed by atoms with Crippen LogP contribution in [0.4, 0.5) is 8.78 Å². The predicted molar refractivity (Wildman–Crippen MR) is 131 cm³/mol. The van der Waals surface area contributed by atoms with E-state index < -0.39 is 25.2 Å². The molecule has 6 heterocycles. The zero-order valence-electron chi connectivity index (χ0n) is 22.7. The first kappa shape index (κ1) is 19.1. The summed E-state index contributed by atoms with van der Waals surface area (Å²) in [5.74, 6) is 0.865. The number of fused-ring (bicyclic) bond motifs is 9. The standard InChI is InChI=1S/C27H23F2N5O3/c1-27(35)8-9-36-21-10-15(12-30-23(21)27)16-6-7-17-24(31-16)34-18-11-19(25(34)32-17)33(2)13-14-4-3-5-20(22(14)18)37-26(28)29/h3-7,10,12-13,19,26,35H,8-9,11H2,1-2H3/t19-,27+/m1/s1/i2D3.